The third-order valence-corrected chi connectivity index (χ3v) is 2.91. The largest absolute Gasteiger partial charge is 0.383 e. The van der Waals surface area contributed by atoms with E-state index in [1.165, 1.54) is 0 Å². The van der Waals surface area contributed by atoms with E-state index in [1.807, 2.05) is 41.2 Å². The Morgan fingerprint density at radius 1 is 1.32 bits per heavy atom. The number of nitrogens with one attached hydrogen (secondary N) is 2. The highest BCUT2D eigenvalue weighted by molar-refractivity contribution is 5.92. The number of amides is 1. The van der Waals surface area contributed by atoms with E-state index in [1.54, 1.807) is 13.3 Å². The van der Waals surface area contributed by atoms with E-state index in [9.17, 15) is 4.79 Å². The van der Waals surface area contributed by atoms with Crippen molar-refractivity contribution in [3.63, 3.8) is 0 Å². The summed E-state index contributed by atoms with van der Waals surface area (Å²) in [6.45, 7) is 2.25. The molecule has 0 atom stereocenters. The standard InChI is InChI=1S/C15H20N4O2.ClH/c1-21-10-8-16-11-15(20)18-14-5-3-13(4-6-14)12-19-9-2-7-17-19;/h2-7,9,16H,8,10-12H2,1H3,(H,18,20);1H. The lowest BCUT2D eigenvalue weighted by molar-refractivity contribution is -0.115. The van der Waals surface area contributed by atoms with Crippen LogP contribution in [0.15, 0.2) is 42.7 Å². The van der Waals surface area contributed by atoms with Gasteiger partial charge in [0.15, 0.2) is 0 Å². The molecule has 0 unspecified atom stereocenters. The van der Waals surface area contributed by atoms with Crippen LogP contribution in [0.3, 0.4) is 0 Å². The quantitative estimate of drug-likeness (QED) is 0.723. The van der Waals surface area contributed by atoms with Crippen molar-refractivity contribution in [3.05, 3.63) is 48.3 Å². The zero-order valence-electron chi connectivity index (χ0n) is 12.5. The molecule has 2 N–H and O–H groups in total. The lowest BCUT2D eigenvalue weighted by Crippen LogP contribution is -2.30. The first kappa shape index (κ1) is 18.2. The van der Waals surface area contributed by atoms with Crippen molar-refractivity contribution in [3.8, 4) is 0 Å². The fourth-order valence-corrected chi connectivity index (χ4v) is 1.86. The predicted molar refractivity (Wildman–Crippen MR) is 88.4 cm³/mol. The summed E-state index contributed by atoms with van der Waals surface area (Å²) in [6, 6.07) is 9.65. The van der Waals surface area contributed by atoms with Crippen molar-refractivity contribution in [1.82, 2.24) is 15.1 Å². The molecule has 0 radical (unpaired) electrons. The minimum Gasteiger partial charge on any atom is -0.383 e. The molecule has 0 aliphatic heterocycles. The van der Waals surface area contributed by atoms with Gasteiger partial charge in [-0.15, -0.1) is 12.4 Å². The molecule has 0 bridgehead atoms. The number of benzene rings is 1. The predicted octanol–water partition coefficient (Wildman–Crippen LogP) is 1.53. The normalized spacial score (nSPS) is 10.0. The van der Waals surface area contributed by atoms with Crippen LogP contribution in [0, 0.1) is 0 Å². The van der Waals surface area contributed by atoms with E-state index in [0.717, 1.165) is 17.8 Å². The Hall–Kier alpha value is -1.89. The maximum absolute atomic E-state index is 11.7. The number of nitrogens with zero attached hydrogens (tertiary/aromatic N) is 2. The summed E-state index contributed by atoms with van der Waals surface area (Å²) < 4.78 is 6.75. The maximum Gasteiger partial charge on any atom is 0.238 e. The van der Waals surface area contributed by atoms with E-state index >= 15 is 0 Å². The van der Waals surface area contributed by atoms with Gasteiger partial charge in [0.25, 0.3) is 0 Å². The van der Waals surface area contributed by atoms with Crippen LogP contribution in [0.5, 0.6) is 0 Å². The first-order chi connectivity index (χ1) is 10.3. The monoisotopic (exact) mass is 324 g/mol. The Bertz CT molecular complexity index is 543. The van der Waals surface area contributed by atoms with Crippen molar-refractivity contribution in [1.29, 1.82) is 0 Å². The highest BCUT2D eigenvalue weighted by atomic mass is 35.5. The van der Waals surface area contributed by atoms with Gasteiger partial charge in [0, 0.05) is 31.7 Å². The molecule has 0 saturated heterocycles. The van der Waals surface area contributed by atoms with Gasteiger partial charge in [-0.1, -0.05) is 12.1 Å². The fourth-order valence-electron chi connectivity index (χ4n) is 1.86. The molecule has 7 heteroatoms. The van der Waals surface area contributed by atoms with Gasteiger partial charge in [-0.2, -0.15) is 5.10 Å². The molecule has 0 fully saturated rings. The minimum atomic E-state index is -0.0640. The Morgan fingerprint density at radius 2 is 2.09 bits per heavy atom. The molecule has 0 aliphatic carbocycles. The van der Waals surface area contributed by atoms with Crippen LogP contribution < -0.4 is 10.6 Å². The second-order valence-corrected chi connectivity index (χ2v) is 4.62. The molecule has 1 heterocycles. The summed E-state index contributed by atoms with van der Waals surface area (Å²) in [5, 5.41) is 10.00. The van der Waals surface area contributed by atoms with Crippen molar-refractivity contribution in [2.75, 3.05) is 32.1 Å². The van der Waals surface area contributed by atoms with E-state index in [0.29, 0.717) is 13.2 Å². The number of hydrogen-bond acceptors (Lipinski definition) is 4. The second-order valence-electron chi connectivity index (χ2n) is 4.62. The number of carbonyl (C=O) groups is 1. The number of methoxy groups -OCH3 is 1. The van der Waals surface area contributed by atoms with E-state index in [4.69, 9.17) is 4.74 Å². The average molecular weight is 325 g/mol. The van der Waals surface area contributed by atoms with Crippen LogP contribution in [-0.4, -0.2) is 42.5 Å². The number of anilines is 1. The van der Waals surface area contributed by atoms with Crippen molar-refractivity contribution in [2.24, 2.45) is 0 Å². The summed E-state index contributed by atoms with van der Waals surface area (Å²) >= 11 is 0. The van der Waals surface area contributed by atoms with Gasteiger partial charge in [0.2, 0.25) is 5.91 Å². The topological polar surface area (TPSA) is 68.2 Å². The fraction of sp³-hybridized carbons (Fsp3) is 0.333. The molecule has 0 spiro atoms. The Labute approximate surface area is 136 Å². The molecule has 0 saturated carbocycles. The van der Waals surface area contributed by atoms with E-state index in [2.05, 4.69) is 15.7 Å². The highest BCUT2D eigenvalue weighted by Gasteiger charge is 2.02. The molecule has 22 heavy (non-hydrogen) atoms. The number of halogens is 1. The van der Waals surface area contributed by atoms with Crippen LogP contribution in [0.2, 0.25) is 0 Å². The molecular weight excluding hydrogens is 304 g/mol. The molecule has 2 rings (SSSR count). The van der Waals surface area contributed by atoms with Gasteiger partial charge in [-0.25, -0.2) is 0 Å². The molecule has 6 nitrogen and oxygen atoms in total. The lowest BCUT2D eigenvalue weighted by atomic mass is 10.2. The molecule has 2 aromatic rings. The number of hydrogen-bond donors (Lipinski definition) is 2. The van der Waals surface area contributed by atoms with Crippen LogP contribution in [0.1, 0.15) is 5.56 Å². The van der Waals surface area contributed by atoms with Crippen LogP contribution in [-0.2, 0) is 16.1 Å². The van der Waals surface area contributed by atoms with Gasteiger partial charge < -0.3 is 15.4 Å². The minimum absolute atomic E-state index is 0. The SMILES string of the molecule is COCCNCC(=O)Nc1ccc(Cn2cccn2)cc1.Cl. The van der Waals surface area contributed by atoms with Gasteiger partial charge in [0.1, 0.15) is 0 Å². The third-order valence-electron chi connectivity index (χ3n) is 2.91. The zero-order valence-corrected chi connectivity index (χ0v) is 13.3. The molecule has 1 aromatic heterocycles. The van der Waals surface area contributed by atoms with Gasteiger partial charge >= 0.3 is 0 Å². The van der Waals surface area contributed by atoms with E-state index in [-0.39, 0.29) is 24.9 Å². The third kappa shape index (κ3) is 6.26. The number of carbonyl (C=O) groups excluding carboxylic acids is 1. The van der Waals surface area contributed by atoms with Crippen LogP contribution in [0.25, 0.3) is 0 Å². The Morgan fingerprint density at radius 3 is 2.73 bits per heavy atom. The van der Waals surface area contributed by atoms with Crippen LogP contribution >= 0.6 is 12.4 Å². The molecular formula is C15H21ClN4O2. The van der Waals surface area contributed by atoms with Crippen molar-refractivity contribution in [2.45, 2.75) is 6.54 Å². The van der Waals surface area contributed by atoms with Gasteiger partial charge in [0.05, 0.1) is 19.7 Å². The summed E-state index contributed by atoms with van der Waals surface area (Å²) in [5.74, 6) is -0.0640. The number of rotatable bonds is 8. The highest BCUT2D eigenvalue weighted by Crippen LogP contribution is 2.10. The molecule has 1 amide bonds. The average Bonchev–Trinajstić information content (AvgIpc) is 2.99. The zero-order chi connectivity index (χ0) is 14.9. The first-order valence-corrected chi connectivity index (χ1v) is 6.84. The Kier molecular flexibility index (Phi) is 8.21. The van der Waals surface area contributed by atoms with Crippen LogP contribution in [0.4, 0.5) is 5.69 Å². The molecule has 120 valence electrons. The van der Waals surface area contributed by atoms with Gasteiger partial charge in [-0.3, -0.25) is 9.48 Å². The Balaban J connectivity index is 0.00000242. The van der Waals surface area contributed by atoms with Crippen molar-refractivity contribution >= 4 is 24.0 Å². The lowest BCUT2D eigenvalue weighted by Gasteiger charge is -2.08. The summed E-state index contributed by atoms with van der Waals surface area (Å²) in [5.41, 5.74) is 1.92. The van der Waals surface area contributed by atoms with E-state index < -0.39 is 0 Å². The van der Waals surface area contributed by atoms with Crippen molar-refractivity contribution < 1.29 is 9.53 Å². The van der Waals surface area contributed by atoms with Gasteiger partial charge in [-0.05, 0) is 23.8 Å². The summed E-state index contributed by atoms with van der Waals surface area (Å²) in [7, 11) is 1.63. The molecule has 0 aliphatic rings. The second kappa shape index (κ2) is 9.94. The smallest absolute Gasteiger partial charge is 0.238 e. The number of ether oxygens (including phenoxy) is 1. The first-order valence-electron chi connectivity index (χ1n) is 6.84. The summed E-state index contributed by atoms with van der Waals surface area (Å²) in [6.07, 6.45) is 3.67. The maximum atomic E-state index is 11.7. The molecule has 1 aromatic carbocycles. The number of aromatic nitrogens is 2. The summed E-state index contributed by atoms with van der Waals surface area (Å²) in [4.78, 5) is 11.7.